The standard InChI is InChI=1S/C20H27NO4/c1-23-18-4-2-3-16(7-18)8-19(22)21-9-17-11-25-14-20(17,12-21)13-24-10-15-5-6-15/h2-4,7,15,17H,5-6,8-14H2,1H3/t17-,20-/m1/s1. The minimum Gasteiger partial charge on any atom is -0.497 e. The highest BCUT2D eigenvalue weighted by Crippen LogP contribution is 2.42. The third kappa shape index (κ3) is 3.67. The summed E-state index contributed by atoms with van der Waals surface area (Å²) in [4.78, 5) is 14.8. The Balaban J connectivity index is 1.36. The van der Waals surface area contributed by atoms with Crippen LogP contribution in [0, 0.1) is 17.3 Å². The van der Waals surface area contributed by atoms with Gasteiger partial charge in [0, 0.05) is 31.0 Å². The van der Waals surface area contributed by atoms with E-state index in [-0.39, 0.29) is 11.3 Å². The Morgan fingerprint density at radius 2 is 2.28 bits per heavy atom. The van der Waals surface area contributed by atoms with Crippen molar-refractivity contribution in [2.45, 2.75) is 19.3 Å². The predicted octanol–water partition coefficient (Wildman–Crippen LogP) is 2.14. The van der Waals surface area contributed by atoms with Crippen LogP contribution in [0.1, 0.15) is 18.4 Å². The van der Waals surface area contributed by atoms with Crippen molar-refractivity contribution in [1.29, 1.82) is 0 Å². The van der Waals surface area contributed by atoms with Crippen LogP contribution in [0.2, 0.25) is 0 Å². The fraction of sp³-hybridized carbons (Fsp3) is 0.650. The van der Waals surface area contributed by atoms with Crippen molar-refractivity contribution in [1.82, 2.24) is 4.90 Å². The van der Waals surface area contributed by atoms with Crippen molar-refractivity contribution < 1.29 is 19.0 Å². The van der Waals surface area contributed by atoms with Crippen molar-refractivity contribution in [3.8, 4) is 5.75 Å². The molecule has 3 aliphatic rings. The van der Waals surface area contributed by atoms with E-state index >= 15 is 0 Å². The van der Waals surface area contributed by atoms with E-state index < -0.39 is 0 Å². The predicted molar refractivity (Wildman–Crippen MR) is 93.6 cm³/mol. The molecule has 0 radical (unpaired) electrons. The molecule has 5 nitrogen and oxygen atoms in total. The lowest BCUT2D eigenvalue weighted by molar-refractivity contribution is -0.130. The number of ether oxygens (including phenoxy) is 3. The SMILES string of the molecule is COc1cccc(CC(=O)N2C[C@@H]3COC[C@]3(COCC3CC3)C2)c1. The largest absolute Gasteiger partial charge is 0.497 e. The van der Waals surface area contributed by atoms with E-state index in [1.165, 1.54) is 12.8 Å². The Morgan fingerprint density at radius 1 is 1.40 bits per heavy atom. The number of amides is 1. The van der Waals surface area contributed by atoms with Crippen molar-refractivity contribution in [2.75, 3.05) is 46.6 Å². The Bertz CT molecular complexity index is 630. The highest BCUT2D eigenvalue weighted by Gasteiger charge is 2.52. The van der Waals surface area contributed by atoms with Gasteiger partial charge in [0.25, 0.3) is 0 Å². The Hall–Kier alpha value is -1.59. The number of rotatable bonds is 7. The minimum absolute atomic E-state index is 0.00106. The number of nitrogens with zero attached hydrogens (tertiary/aromatic N) is 1. The first-order valence-electron chi connectivity index (χ1n) is 9.25. The number of likely N-dealkylation sites (tertiary alicyclic amines) is 1. The summed E-state index contributed by atoms with van der Waals surface area (Å²) in [5, 5.41) is 0. The lowest BCUT2D eigenvalue weighted by atomic mass is 9.82. The van der Waals surface area contributed by atoms with Crippen LogP contribution in [-0.4, -0.2) is 57.4 Å². The first kappa shape index (κ1) is 16.9. The second-order valence-electron chi connectivity index (χ2n) is 7.84. The summed E-state index contributed by atoms with van der Waals surface area (Å²) in [6, 6.07) is 7.75. The average Bonchev–Trinajstić information content (AvgIpc) is 3.24. The van der Waals surface area contributed by atoms with Crippen LogP contribution < -0.4 is 4.74 Å². The van der Waals surface area contributed by atoms with Gasteiger partial charge in [0.05, 0.1) is 33.4 Å². The lowest BCUT2D eigenvalue weighted by Crippen LogP contribution is -2.38. The van der Waals surface area contributed by atoms with Gasteiger partial charge < -0.3 is 19.1 Å². The molecule has 5 heteroatoms. The maximum Gasteiger partial charge on any atom is 0.227 e. The first-order valence-corrected chi connectivity index (χ1v) is 9.25. The molecule has 4 rings (SSSR count). The zero-order valence-electron chi connectivity index (χ0n) is 14.9. The average molecular weight is 345 g/mol. The lowest BCUT2D eigenvalue weighted by Gasteiger charge is -2.27. The molecule has 0 aromatic heterocycles. The molecule has 0 bridgehead atoms. The van der Waals surface area contributed by atoms with Crippen LogP contribution in [-0.2, 0) is 20.7 Å². The normalized spacial score (nSPS) is 28.2. The molecule has 0 spiro atoms. The molecular weight excluding hydrogens is 318 g/mol. The molecule has 0 N–H and O–H groups in total. The first-order chi connectivity index (χ1) is 12.2. The smallest absolute Gasteiger partial charge is 0.227 e. The van der Waals surface area contributed by atoms with Gasteiger partial charge in [-0.1, -0.05) is 12.1 Å². The van der Waals surface area contributed by atoms with E-state index in [1.807, 2.05) is 29.2 Å². The topological polar surface area (TPSA) is 48.0 Å². The van der Waals surface area contributed by atoms with Gasteiger partial charge in [-0.2, -0.15) is 0 Å². The van der Waals surface area contributed by atoms with Crippen LogP contribution in [0.4, 0.5) is 0 Å². The summed E-state index contributed by atoms with van der Waals surface area (Å²) >= 11 is 0. The quantitative estimate of drug-likeness (QED) is 0.760. The maximum absolute atomic E-state index is 12.8. The van der Waals surface area contributed by atoms with Crippen molar-refractivity contribution in [2.24, 2.45) is 17.3 Å². The third-order valence-corrected chi connectivity index (χ3v) is 5.80. The van der Waals surface area contributed by atoms with Gasteiger partial charge in [-0.3, -0.25) is 4.79 Å². The molecule has 1 aromatic carbocycles. The fourth-order valence-corrected chi connectivity index (χ4v) is 4.01. The summed E-state index contributed by atoms with van der Waals surface area (Å²) in [6.07, 6.45) is 3.03. The van der Waals surface area contributed by atoms with Crippen LogP contribution in [0.15, 0.2) is 24.3 Å². The van der Waals surface area contributed by atoms with Crippen molar-refractivity contribution >= 4 is 5.91 Å². The van der Waals surface area contributed by atoms with Crippen molar-refractivity contribution in [3.05, 3.63) is 29.8 Å². The van der Waals surface area contributed by atoms with Gasteiger partial charge in [-0.15, -0.1) is 0 Å². The molecule has 1 aromatic rings. The fourth-order valence-electron chi connectivity index (χ4n) is 4.01. The Labute approximate surface area is 149 Å². The monoisotopic (exact) mass is 345 g/mol. The van der Waals surface area contributed by atoms with Gasteiger partial charge in [0.15, 0.2) is 0 Å². The van der Waals surface area contributed by atoms with Gasteiger partial charge in [-0.05, 0) is 36.5 Å². The van der Waals surface area contributed by atoms with E-state index in [1.54, 1.807) is 7.11 Å². The molecule has 1 amide bonds. The molecular formula is C20H27NO4. The molecule has 2 saturated heterocycles. The number of carbonyl (C=O) groups excluding carboxylic acids is 1. The zero-order valence-corrected chi connectivity index (χ0v) is 14.9. The number of carbonyl (C=O) groups is 1. The second kappa shape index (κ2) is 6.96. The van der Waals surface area contributed by atoms with Gasteiger partial charge in [-0.25, -0.2) is 0 Å². The molecule has 2 atom stereocenters. The van der Waals surface area contributed by atoms with Crippen molar-refractivity contribution in [3.63, 3.8) is 0 Å². The zero-order chi connectivity index (χ0) is 17.3. The molecule has 1 aliphatic carbocycles. The van der Waals surface area contributed by atoms with Crippen LogP contribution >= 0.6 is 0 Å². The van der Waals surface area contributed by atoms with E-state index in [4.69, 9.17) is 14.2 Å². The molecule has 136 valence electrons. The summed E-state index contributed by atoms with van der Waals surface area (Å²) in [5.41, 5.74) is 0.996. The Kier molecular flexibility index (Phi) is 4.69. The highest BCUT2D eigenvalue weighted by atomic mass is 16.5. The summed E-state index contributed by atoms with van der Waals surface area (Å²) in [5.74, 6) is 2.15. The van der Waals surface area contributed by atoms with Gasteiger partial charge in [0.2, 0.25) is 5.91 Å². The van der Waals surface area contributed by atoms with E-state index in [0.717, 1.165) is 50.1 Å². The maximum atomic E-state index is 12.8. The van der Waals surface area contributed by atoms with Crippen LogP contribution in [0.5, 0.6) is 5.75 Å². The molecule has 2 heterocycles. The number of benzene rings is 1. The molecule has 0 unspecified atom stereocenters. The molecule has 25 heavy (non-hydrogen) atoms. The summed E-state index contributed by atoms with van der Waals surface area (Å²) < 4.78 is 17.0. The Morgan fingerprint density at radius 3 is 3.08 bits per heavy atom. The van der Waals surface area contributed by atoms with E-state index in [2.05, 4.69) is 0 Å². The number of hydrogen-bond acceptors (Lipinski definition) is 4. The summed E-state index contributed by atoms with van der Waals surface area (Å²) in [6.45, 7) is 4.59. The van der Waals surface area contributed by atoms with Crippen LogP contribution in [0.3, 0.4) is 0 Å². The number of methoxy groups -OCH3 is 1. The minimum atomic E-state index is -0.00106. The summed E-state index contributed by atoms with van der Waals surface area (Å²) in [7, 11) is 1.65. The van der Waals surface area contributed by atoms with Gasteiger partial charge >= 0.3 is 0 Å². The molecule has 1 saturated carbocycles. The number of hydrogen-bond donors (Lipinski definition) is 0. The third-order valence-electron chi connectivity index (χ3n) is 5.80. The number of fused-ring (bicyclic) bond motifs is 1. The van der Waals surface area contributed by atoms with E-state index in [9.17, 15) is 4.79 Å². The highest BCUT2D eigenvalue weighted by molar-refractivity contribution is 5.79. The second-order valence-corrected chi connectivity index (χ2v) is 7.84. The molecule has 2 aliphatic heterocycles. The molecule has 3 fully saturated rings. The van der Waals surface area contributed by atoms with E-state index in [0.29, 0.717) is 18.9 Å². The van der Waals surface area contributed by atoms with Crippen LogP contribution in [0.25, 0.3) is 0 Å². The van der Waals surface area contributed by atoms with Gasteiger partial charge in [0.1, 0.15) is 5.75 Å².